The van der Waals surface area contributed by atoms with Crippen molar-refractivity contribution in [1.82, 2.24) is 5.32 Å². The first kappa shape index (κ1) is 11.4. The third-order valence-corrected chi connectivity index (χ3v) is 2.43. The fraction of sp³-hybridized carbons (Fsp3) is 0.333. The molecule has 0 aliphatic carbocycles. The Morgan fingerprint density at radius 3 is 2.82 bits per heavy atom. The molecule has 0 radical (unpaired) electrons. The molecule has 5 heteroatoms. The fourth-order valence-electron chi connectivity index (χ4n) is 1.61. The van der Waals surface area contributed by atoms with Crippen molar-refractivity contribution in [3.8, 4) is 11.5 Å². The zero-order chi connectivity index (χ0) is 12.1. The molecule has 0 spiro atoms. The molecule has 1 N–H and O–H groups in total. The highest BCUT2D eigenvalue weighted by Crippen LogP contribution is 2.30. The van der Waals surface area contributed by atoms with E-state index >= 15 is 0 Å². The standard InChI is InChI=1S/C12H13NO4/c14-8-12(15)13-4-3-9-1-2-10-11(7-9)17-6-5-16-10/h1-2,7-8H,3-6H2,(H,13,15). The molecule has 0 fully saturated rings. The van der Waals surface area contributed by atoms with Crippen molar-refractivity contribution in [2.45, 2.75) is 6.42 Å². The largest absolute Gasteiger partial charge is 0.486 e. The fourth-order valence-corrected chi connectivity index (χ4v) is 1.61. The molecule has 0 saturated carbocycles. The zero-order valence-corrected chi connectivity index (χ0v) is 9.27. The number of carbonyl (C=O) groups excluding carboxylic acids is 2. The molecule has 1 amide bonds. The smallest absolute Gasteiger partial charge is 0.284 e. The summed E-state index contributed by atoms with van der Waals surface area (Å²) in [5, 5.41) is 2.48. The maximum Gasteiger partial charge on any atom is 0.284 e. The summed E-state index contributed by atoms with van der Waals surface area (Å²) in [4.78, 5) is 20.8. The quantitative estimate of drug-likeness (QED) is 0.602. The summed E-state index contributed by atoms with van der Waals surface area (Å²) in [5.74, 6) is 0.884. The van der Waals surface area contributed by atoms with Crippen LogP contribution in [0.4, 0.5) is 0 Å². The molecule has 1 aliphatic rings. The maximum absolute atomic E-state index is 10.7. The predicted molar refractivity (Wildman–Crippen MR) is 60.2 cm³/mol. The van der Waals surface area contributed by atoms with E-state index in [0.717, 1.165) is 17.1 Å². The van der Waals surface area contributed by atoms with Crippen molar-refractivity contribution in [2.75, 3.05) is 19.8 Å². The van der Waals surface area contributed by atoms with Gasteiger partial charge in [-0.1, -0.05) is 6.07 Å². The van der Waals surface area contributed by atoms with Crippen LogP contribution in [0.5, 0.6) is 11.5 Å². The van der Waals surface area contributed by atoms with Crippen molar-refractivity contribution in [1.29, 1.82) is 0 Å². The molecular formula is C12H13NO4. The topological polar surface area (TPSA) is 64.6 Å². The van der Waals surface area contributed by atoms with Gasteiger partial charge in [0.05, 0.1) is 0 Å². The molecule has 17 heavy (non-hydrogen) atoms. The van der Waals surface area contributed by atoms with E-state index in [9.17, 15) is 9.59 Å². The molecule has 0 atom stereocenters. The second kappa shape index (κ2) is 5.34. The number of aldehydes is 1. The zero-order valence-electron chi connectivity index (χ0n) is 9.27. The van der Waals surface area contributed by atoms with E-state index in [1.807, 2.05) is 18.2 Å². The average molecular weight is 235 g/mol. The molecule has 90 valence electrons. The molecule has 1 aliphatic heterocycles. The van der Waals surface area contributed by atoms with E-state index in [4.69, 9.17) is 9.47 Å². The Morgan fingerprint density at radius 2 is 2.06 bits per heavy atom. The maximum atomic E-state index is 10.7. The molecule has 0 saturated heterocycles. The summed E-state index contributed by atoms with van der Waals surface area (Å²) in [6.07, 6.45) is 0.917. The summed E-state index contributed by atoms with van der Waals surface area (Å²) < 4.78 is 10.8. The Bertz CT molecular complexity index is 431. The summed E-state index contributed by atoms with van der Waals surface area (Å²) >= 11 is 0. The highest BCUT2D eigenvalue weighted by atomic mass is 16.6. The molecule has 0 unspecified atom stereocenters. The van der Waals surface area contributed by atoms with Gasteiger partial charge in [-0.3, -0.25) is 9.59 Å². The number of nitrogens with one attached hydrogen (secondary N) is 1. The first-order valence-electron chi connectivity index (χ1n) is 5.41. The number of benzene rings is 1. The van der Waals surface area contributed by atoms with Gasteiger partial charge < -0.3 is 14.8 Å². The van der Waals surface area contributed by atoms with Crippen molar-refractivity contribution < 1.29 is 19.1 Å². The molecule has 1 aromatic rings. The Morgan fingerprint density at radius 1 is 1.29 bits per heavy atom. The van der Waals surface area contributed by atoms with Crippen molar-refractivity contribution in [3.63, 3.8) is 0 Å². The molecule has 0 aromatic heterocycles. The number of carbonyl (C=O) groups is 2. The van der Waals surface area contributed by atoms with Crippen molar-refractivity contribution in [3.05, 3.63) is 23.8 Å². The van der Waals surface area contributed by atoms with Crippen molar-refractivity contribution >= 4 is 12.2 Å². The van der Waals surface area contributed by atoms with Crippen LogP contribution in [0.2, 0.25) is 0 Å². The van der Waals surface area contributed by atoms with E-state index in [1.165, 1.54) is 0 Å². The lowest BCUT2D eigenvalue weighted by atomic mass is 10.1. The SMILES string of the molecule is O=CC(=O)NCCc1ccc2c(c1)OCCO2. The minimum atomic E-state index is -0.595. The summed E-state index contributed by atoms with van der Waals surface area (Å²) in [6, 6.07) is 5.66. The predicted octanol–water partition coefficient (Wildman–Crippen LogP) is 0.315. The van der Waals surface area contributed by atoms with Gasteiger partial charge in [-0.25, -0.2) is 0 Å². The van der Waals surface area contributed by atoms with Crippen LogP contribution >= 0.6 is 0 Å². The average Bonchev–Trinajstić information content (AvgIpc) is 2.38. The van der Waals surface area contributed by atoms with E-state index in [2.05, 4.69) is 5.32 Å². The number of ether oxygens (including phenoxy) is 2. The van der Waals surface area contributed by atoms with Gasteiger partial charge in [-0.2, -0.15) is 0 Å². The van der Waals surface area contributed by atoms with Crippen LogP contribution < -0.4 is 14.8 Å². The van der Waals surface area contributed by atoms with Gasteiger partial charge in [-0.15, -0.1) is 0 Å². The lowest BCUT2D eigenvalue weighted by molar-refractivity contribution is -0.131. The minimum Gasteiger partial charge on any atom is -0.486 e. The second-order valence-electron chi connectivity index (χ2n) is 3.64. The Hall–Kier alpha value is -2.04. The lowest BCUT2D eigenvalue weighted by Gasteiger charge is -2.18. The van der Waals surface area contributed by atoms with E-state index in [-0.39, 0.29) is 6.29 Å². The monoisotopic (exact) mass is 235 g/mol. The Balaban J connectivity index is 1.93. The number of hydrogen-bond acceptors (Lipinski definition) is 4. The first-order valence-corrected chi connectivity index (χ1v) is 5.41. The number of hydrogen-bond donors (Lipinski definition) is 1. The van der Waals surface area contributed by atoms with Gasteiger partial charge in [0.2, 0.25) is 6.29 Å². The van der Waals surface area contributed by atoms with Crippen LogP contribution in [0.3, 0.4) is 0 Å². The highest BCUT2D eigenvalue weighted by Gasteiger charge is 2.11. The lowest BCUT2D eigenvalue weighted by Crippen LogP contribution is -2.26. The Labute approximate surface area is 98.7 Å². The molecule has 5 nitrogen and oxygen atoms in total. The second-order valence-corrected chi connectivity index (χ2v) is 3.64. The van der Waals surface area contributed by atoms with E-state index in [0.29, 0.717) is 26.2 Å². The summed E-state index contributed by atoms with van der Waals surface area (Å²) in [7, 11) is 0. The molecule has 2 rings (SSSR count). The molecule has 0 bridgehead atoms. The normalized spacial score (nSPS) is 12.9. The van der Waals surface area contributed by atoms with Gasteiger partial charge in [-0.05, 0) is 24.1 Å². The molecular weight excluding hydrogens is 222 g/mol. The van der Waals surface area contributed by atoms with Crippen LogP contribution in [-0.2, 0) is 16.0 Å². The molecule has 1 aromatic carbocycles. The van der Waals surface area contributed by atoms with Crippen LogP contribution in [0.1, 0.15) is 5.56 Å². The van der Waals surface area contributed by atoms with Crippen LogP contribution in [0, 0.1) is 0 Å². The first-order chi connectivity index (χ1) is 8.29. The third-order valence-electron chi connectivity index (χ3n) is 2.43. The third kappa shape index (κ3) is 2.96. The van der Waals surface area contributed by atoms with Crippen molar-refractivity contribution in [2.24, 2.45) is 0 Å². The van der Waals surface area contributed by atoms with Gasteiger partial charge in [0.25, 0.3) is 5.91 Å². The minimum absolute atomic E-state index is 0.268. The van der Waals surface area contributed by atoms with Crippen LogP contribution in [-0.4, -0.2) is 32.0 Å². The number of rotatable bonds is 4. The van der Waals surface area contributed by atoms with Gasteiger partial charge >= 0.3 is 0 Å². The molecule has 1 heterocycles. The van der Waals surface area contributed by atoms with E-state index in [1.54, 1.807) is 0 Å². The van der Waals surface area contributed by atoms with Crippen LogP contribution in [0.25, 0.3) is 0 Å². The Kier molecular flexibility index (Phi) is 3.59. The summed E-state index contributed by atoms with van der Waals surface area (Å²) in [5.41, 5.74) is 1.03. The highest BCUT2D eigenvalue weighted by molar-refractivity contribution is 6.23. The summed E-state index contributed by atoms with van der Waals surface area (Å²) in [6.45, 7) is 1.55. The van der Waals surface area contributed by atoms with Gasteiger partial charge in [0, 0.05) is 6.54 Å². The van der Waals surface area contributed by atoms with E-state index < -0.39 is 5.91 Å². The number of fused-ring (bicyclic) bond motifs is 1. The van der Waals surface area contributed by atoms with Gasteiger partial charge in [0.15, 0.2) is 11.5 Å². The van der Waals surface area contributed by atoms with Crippen LogP contribution in [0.15, 0.2) is 18.2 Å². The number of amides is 1. The van der Waals surface area contributed by atoms with Gasteiger partial charge in [0.1, 0.15) is 13.2 Å².